The lowest BCUT2D eigenvalue weighted by Gasteiger charge is -2.40. The van der Waals surface area contributed by atoms with Crippen molar-refractivity contribution >= 4 is 29.4 Å². The average molecular weight is 1520 g/mol. The smallest absolute Gasteiger partial charge is 0.222 e. The summed E-state index contributed by atoms with van der Waals surface area (Å²) in [5, 5.41) is 117. The molecule has 0 radical (unpaired) electrons. The molecule has 105 heavy (non-hydrogen) atoms. The molecule has 614 valence electrons. The Balaban J connectivity index is 1.24. The molecule has 4 rings (SSSR count). The topological polar surface area (TPSA) is 486 Å². The maximum absolute atomic E-state index is 14.0. The Bertz CT molecular complexity index is 2110. The van der Waals surface area contributed by atoms with E-state index in [1.165, 1.54) is 0 Å². The van der Waals surface area contributed by atoms with Gasteiger partial charge in [-0.05, 0) is 19.3 Å². The molecule has 35 nitrogen and oxygen atoms in total. The van der Waals surface area contributed by atoms with Crippen LogP contribution in [0.1, 0.15) is 117 Å². The molecular weight excluding hydrogens is 1390 g/mol. The second kappa shape index (κ2) is 55.8. The van der Waals surface area contributed by atoms with Gasteiger partial charge in [0, 0.05) is 87.9 Å². The minimum absolute atomic E-state index is 0.0394. The van der Waals surface area contributed by atoms with E-state index in [0.29, 0.717) is 19.3 Å². The van der Waals surface area contributed by atoms with Crippen LogP contribution in [0.3, 0.4) is 0 Å². The van der Waals surface area contributed by atoms with Crippen LogP contribution in [0, 0.1) is 23.2 Å². The van der Waals surface area contributed by atoms with Crippen LogP contribution in [0.2, 0.25) is 0 Å². The second-order valence-corrected chi connectivity index (χ2v) is 27.3. The zero-order valence-electron chi connectivity index (χ0n) is 62.0. The number of rotatable bonds is 62. The van der Waals surface area contributed by atoms with Gasteiger partial charge < -0.3 is 148 Å². The number of hydrogen-bond donors (Lipinski definition) is 14. The molecule has 4 amide bonds. The normalized spacial score (nSPS) is 27.6. The predicted octanol–water partition coefficient (Wildman–Crippen LogP) is -3.27. The molecule has 14 N–H and O–H groups in total. The van der Waals surface area contributed by atoms with Crippen LogP contribution >= 0.6 is 0 Å². The highest BCUT2D eigenvalue weighted by Gasteiger charge is 2.45. The number of nitrogens with one attached hydrogen (secondary N) is 3. The van der Waals surface area contributed by atoms with Crippen LogP contribution < -0.4 is 16.0 Å². The highest BCUT2D eigenvalue weighted by atomic mass is 16.7. The molecule has 0 aromatic rings. The van der Waals surface area contributed by atoms with Gasteiger partial charge in [-0.2, -0.15) is 0 Å². The molecule has 15 unspecified atom stereocenters. The minimum atomic E-state index is -1.23. The van der Waals surface area contributed by atoms with Crippen molar-refractivity contribution < 1.29 is 151 Å². The molecule has 0 bridgehead atoms. The van der Waals surface area contributed by atoms with Crippen LogP contribution in [0.25, 0.3) is 0 Å². The van der Waals surface area contributed by atoms with Gasteiger partial charge in [0.2, 0.25) is 23.6 Å². The van der Waals surface area contributed by atoms with Crippen molar-refractivity contribution in [1.82, 2.24) is 20.9 Å². The minimum Gasteiger partial charge on any atom is -0.394 e. The number of β-amino-alcohol motifs (C(OH)–C–C–N with tert-alkyl or cyclic N) is 1. The zero-order valence-corrected chi connectivity index (χ0v) is 62.0. The van der Waals surface area contributed by atoms with Crippen LogP contribution in [0.15, 0.2) is 0 Å². The van der Waals surface area contributed by atoms with Gasteiger partial charge in [0.1, 0.15) is 42.4 Å². The van der Waals surface area contributed by atoms with Crippen molar-refractivity contribution in [2.45, 2.75) is 203 Å². The van der Waals surface area contributed by atoms with Crippen molar-refractivity contribution in [2.75, 3.05) is 191 Å². The molecule has 0 aromatic heterocycles. The van der Waals surface area contributed by atoms with E-state index >= 15 is 0 Å². The van der Waals surface area contributed by atoms with E-state index in [4.69, 9.17) is 71.1 Å². The number of aliphatic hydroxyl groups is 11. The van der Waals surface area contributed by atoms with Gasteiger partial charge in [-0.3, -0.25) is 24.0 Å². The van der Waals surface area contributed by atoms with E-state index < -0.39 is 123 Å². The van der Waals surface area contributed by atoms with Crippen LogP contribution in [-0.2, 0) is 95.0 Å². The summed E-state index contributed by atoms with van der Waals surface area (Å²) in [4.78, 5) is 67.3. The number of ketones is 1. The maximum atomic E-state index is 14.0. The summed E-state index contributed by atoms with van der Waals surface area (Å²) in [5.74, 6) is -2.70. The van der Waals surface area contributed by atoms with Gasteiger partial charge in [0.15, 0.2) is 18.9 Å². The molecule has 0 spiro atoms. The Kier molecular flexibility index (Phi) is 49.9. The number of aliphatic hydroxyl groups excluding tert-OH is 11. The second-order valence-electron chi connectivity index (χ2n) is 27.3. The van der Waals surface area contributed by atoms with Crippen LogP contribution in [0.4, 0.5) is 0 Å². The Morgan fingerprint density at radius 1 is 0.381 bits per heavy atom. The molecule has 17 atom stereocenters. The molecule has 4 heterocycles. The lowest BCUT2D eigenvalue weighted by atomic mass is 9.84. The third-order valence-corrected chi connectivity index (χ3v) is 18.7. The first-order valence-electron chi connectivity index (χ1n) is 37.5. The van der Waals surface area contributed by atoms with E-state index in [1.807, 2.05) is 0 Å². The lowest BCUT2D eigenvalue weighted by molar-refractivity contribution is -0.284. The van der Waals surface area contributed by atoms with E-state index in [9.17, 15) is 80.1 Å². The number of carbonyl (C=O) groups excluding carboxylic acids is 5. The molecule has 4 aliphatic heterocycles. The molecule has 0 saturated carbocycles. The SMILES string of the molecule is CC1C(OCCOCCOCCNC(=O)CCOCC(COCCC(=O)NCCOCCOCCOC2OC(CO)C(O)C(O)C2C)(COCCC(=O)NCCOCCOCCOC2OC(CO)C(O)C(O)C2C)CC(=O)CCCCCCCCCCC(=O)N2C[C@H](O)C[C@H]2CO)OC(CO)C(O)C1O. The van der Waals surface area contributed by atoms with Crippen LogP contribution in [0.5, 0.6) is 0 Å². The molecule has 4 aliphatic rings. The average Bonchev–Trinajstić information content (AvgIpc) is 1.52. The van der Waals surface area contributed by atoms with Gasteiger partial charge >= 0.3 is 0 Å². The summed E-state index contributed by atoms with van der Waals surface area (Å²) in [5.41, 5.74) is -1.12. The fourth-order valence-electron chi connectivity index (χ4n) is 12.2. The first-order valence-corrected chi connectivity index (χ1v) is 37.5. The quantitative estimate of drug-likeness (QED) is 0.0266. The van der Waals surface area contributed by atoms with Gasteiger partial charge in [-0.1, -0.05) is 59.3 Å². The van der Waals surface area contributed by atoms with Gasteiger partial charge in [0.05, 0.1) is 196 Å². The number of amides is 4. The Labute approximate surface area is 617 Å². The predicted molar refractivity (Wildman–Crippen MR) is 370 cm³/mol. The van der Waals surface area contributed by atoms with Gasteiger partial charge in [-0.25, -0.2) is 0 Å². The molecular formula is C70H128N4O31. The standard InChI is InChI=1S/C70H128N4O31/c1-48-61(85)64(88)54(42-76)103-67(48)100-35-32-94-29-26-91-23-17-71-57(81)14-20-97-45-70(39-52(79)12-10-8-6-4-5-7-9-11-13-60(84)74-40-53(80)38-51(74)41-75,46-98-21-15-58(82)72-18-24-92-27-30-95-33-36-101-68-49(2)62(86)65(89)55(43-77)104-68)47-99-22-16-59(83)73-19-25-93-28-31-96-34-37-102-69-50(3)63(87)66(90)56(44-78)105-69/h48-51,53-56,61-69,75-78,80,85-90H,4-47H2,1-3H3,(H,71,81)(H,72,82)(H,73,83)/t48?,49?,50?,51-,53+,54?,55?,56?,61?,62?,63?,64?,65?,66?,67?,68?,69?,70?/m0/s1. The number of Topliss-reactive ketones (excluding diaryl/α,β-unsaturated/α-hetero) is 1. The monoisotopic (exact) mass is 1520 g/mol. The zero-order chi connectivity index (χ0) is 76.6. The summed E-state index contributed by atoms with van der Waals surface area (Å²) >= 11 is 0. The van der Waals surface area contributed by atoms with Crippen molar-refractivity contribution in [1.29, 1.82) is 0 Å². The van der Waals surface area contributed by atoms with Crippen LogP contribution in [-0.4, -0.2) is 368 Å². The Hall–Kier alpha value is -3.49. The largest absolute Gasteiger partial charge is 0.394 e. The Morgan fingerprint density at radius 2 is 0.695 bits per heavy atom. The number of ether oxygens (including phenoxy) is 15. The highest BCUT2D eigenvalue weighted by molar-refractivity contribution is 5.79. The molecule has 0 aromatic carbocycles. The third-order valence-electron chi connectivity index (χ3n) is 18.7. The maximum Gasteiger partial charge on any atom is 0.222 e. The van der Waals surface area contributed by atoms with E-state index in [1.54, 1.807) is 25.7 Å². The summed E-state index contributed by atoms with van der Waals surface area (Å²) < 4.78 is 85.6. The lowest BCUT2D eigenvalue weighted by Crippen LogP contribution is -2.55. The Morgan fingerprint density at radius 3 is 1.03 bits per heavy atom. The highest BCUT2D eigenvalue weighted by Crippen LogP contribution is 2.31. The van der Waals surface area contributed by atoms with Gasteiger partial charge in [0.25, 0.3) is 0 Å². The van der Waals surface area contributed by atoms with Crippen molar-refractivity contribution in [3.8, 4) is 0 Å². The van der Waals surface area contributed by atoms with Crippen molar-refractivity contribution in [3.05, 3.63) is 0 Å². The number of carbonyl (C=O) groups is 5. The number of unbranched alkanes of at least 4 members (excludes halogenated alkanes) is 7. The number of nitrogens with zero attached hydrogens (tertiary/aromatic N) is 1. The molecule has 0 aliphatic carbocycles. The first kappa shape index (κ1) is 93.9. The summed E-state index contributed by atoms with van der Waals surface area (Å²) in [6, 6.07) is -0.339. The van der Waals surface area contributed by atoms with Crippen molar-refractivity contribution in [3.63, 3.8) is 0 Å². The van der Waals surface area contributed by atoms with E-state index in [0.717, 1.165) is 44.9 Å². The summed E-state index contributed by atoms with van der Waals surface area (Å²) in [7, 11) is 0. The fraction of sp³-hybridized carbons (Fsp3) is 0.929. The van der Waals surface area contributed by atoms with Gasteiger partial charge in [-0.15, -0.1) is 0 Å². The van der Waals surface area contributed by atoms with E-state index in [2.05, 4.69) is 16.0 Å². The van der Waals surface area contributed by atoms with E-state index in [-0.39, 0.29) is 239 Å². The fourth-order valence-corrected chi connectivity index (χ4v) is 12.2. The number of hydrogen-bond acceptors (Lipinski definition) is 31. The molecule has 4 saturated heterocycles. The third kappa shape index (κ3) is 37.4. The summed E-state index contributed by atoms with van der Waals surface area (Å²) in [6.45, 7) is 6.67. The molecule has 4 fully saturated rings. The number of likely N-dealkylation sites (tertiary alicyclic amines) is 1. The molecule has 35 heteroatoms. The first-order chi connectivity index (χ1) is 50.7. The summed E-state index contributed by atoms with van der Waals surface area (Å²) in [6.07, 6.45) is -5.51. The van der Waals surface area contributed by atoms with Crippen molar-refractivity contribution in [2.24, 2.45) is 23.2 Å².